The van der Waals surface area contributed by atoms with Gasteiger partial charge in [-0.3, -0.25) is 14.9 Å². The Hall–Kier alpha value is -2.19. The van der Waals surface area contributed by atoms with Crippen LogP contribution in [0, 0.1) is 0 Å². The molecule has 2 aromatic rings. The molecule has 0 spiro atoms. The van der Waals surface area contributed by atoms with Gasteiger partial charge in [-0.05, 0) is 71.0 Å². The molecule has 2 amide bonds. The lowest BCUT2D eigenvalue weighted by Crippen LogP contribution is -2.33. The second-order valence-corrected chi connectivity index (χ2v) is 6.08. The van der Waals surface area contributed by atoms with Crippen molar-refractivity contribution in [2.45, 2.75) is 19.8 Å². The van der Waals surface area contributed by atoms with Gasteiger partial charge in [0.25, 0.3) is 5.91 Å². The van der Waals surface area contributed by atoms with Crippen molar-refractivity contribution in [3.05, 3.63) is 46.8 Å². The summed E-state index contributed by atoms with van der Waals surface area (Å²) in [6.45, 7) is 1.95. The van der Waals surface area contributed by atoms with E-state index in [1.165, 1.54) is 6.07 Å². The number of carbonyl (C=O) groups is 2. The number of rotatable bonds is 5. The van der Waals surface area contributed by atoms with E-state index >= 15 is 0 Å². The summed E-state index contributed by atoms with van der Waals surface area (Å²) in [5.74, 6) is -0.313. The maximum Gasteiger partial charge on any atom is 0.293 e. The normalized spacial score (nSPS) is 10.1. The van der Waals surface area contributed by atoms with Crippen molar-refractivity contribution in [2.24, 2.45) is 0 Å². The fourth-order valence-electron chi connectivity index (χ4n) is 1.85. The minimum absolute atomic E-state index is 0.0226. The van der Waals surface area contributed by atoms with Gasteiger partial charge in [0, 0.05) is 17.8 Å². The Balaban J connectivity index is 1.87. The van der Waals surface area contributed by atoms with Gasteiger partial charge >= 0.3 is 0 Å². The van der Waals surface area contributed by atoms with Crippen LogP contribution in [0.25, 0.3) is 0 Å². The number of amides is 2. The molecule has 0 aliphatic carbocycles. The fraction of sp³-hybridized carbons (Fsp3) is 0.188. The molecular weight excluding hydrogens is 394 g/mol. The van der Waals surface area contributed by atoms with Crippen LogP contribution in [-0.2, 0) is 4.79 Å². The first-order valence-electron chi connectivity index (χ1n) is 7.25. The van der Waals surface area contributed by atoms with Gasteiger partial charge in [-0.2, -0.15) is 0 Å². The van der Waals surface area contributed by atoms with Crippen molar-refractivity contribution in [3.8, 4) is 0 Å². The molecule has 0 saturated heterocycles. The minimum Gasteiger partial charge on any atom is -0.444 e. The lowest BCUT2D eigenvalue weighted by molar-refractivity contribution is -0.116. The first-order chi connectivity index (χ1) is 11.5. The molecule has 0 saturated carbocycles. The van der Waals surface area contributed by atoms with Crippen molar-refractivity contribution in [3.63, 3.8) is 0 Å². The summed E-state index contributed by atoms with van der Waals surface area (Å²) < 4.78 is 5.61. The molecule has 0 unspecified atom stereocenters. The Bertz CT molecular complexity index is 743. The first kappa shape index (κ1) is 18.2. The lowest BCUT2D eigenvalue weighted by Gasteiger charge is -2.10. The summed E-state index contributed by atoms with van der Waals surface area (Å²) >= 11 is 8.22. The minimum atomic E-state index is -0.443. The zero-order chi connectivity index (χ0) is 17.5. The van der Waals surface area contributed by atoms with Gasteiger partial charge in [0.05, 0.1) is 0 Å². The maximum absolute atomic E-state index is 11.9. The number of hydrogen-bond acceptors (Lipinski definition) is 4. The molecule has 3 N–H and O–H groups in total. The van der Waals surface area contributed by atoms with E-state index in [9.17, 15) is 9.59 Å². The van der Waals surface area contributed by atoms with E-state index in [1.54, 1.807) is 30.3 Å². The highest BCUT2D eigenvalue weighted by molar-refractivity contribution is 9.10. The molecule has 0 aliphatic rings. The molecule has 0 bridgehead atoms. The second-order valence-electron chi connectivity index (χ2n) is 4.89. The quantitative estimate of drug-likeness (QED) is 0.652. The van der Waals surface area contributed by atoms with Crippen LogP contribution >= 0.6 is 28.1 Å². The van der Waals surface area contributed by atoms with E-state index in [1.807, 2.05) is 6.92 Å². The fourth-order valence-corrected chi connectivity index (χ4v) is 2.37. The highest BCUT2D eigenvalue weighted by Gasteiger charge is 2.12. The van der Waals surface area contributed by atoms with Crippen LogP contribution in [0.3, 0.4) is 0 Å². The van der Waals surface area contributed by atoms with Crippen molar-refractivity contribution >= 4 is 56.4 Å². The average molecular weight is 410 g/mol. The molecule has 126 valence electrons. The molecule has 1 heterocycles. The van der Waals surface area contributed by atoms with Crippen molar-refractivity contribution in [1.29, 1.82) is 0 Å². The largest absolute Gasteiger partial charge is 0.444 e. The molecule has 8 heteroatoms. The predicted molar refractivity (Wildman–Crippen MR) is 100 cm³/mol. The first-order valence-corrected chi connectivity index (χ1v) is 8.45. The number of benzene rings is 1. The smallest absolute Gasteiger partial charge is 0.293 e. The Labute approximate surface area is 153 Å². The predicted octanol–water partition coefficient (Wildman–Crippen LogP) is 3.91. The molecule has 6 nitrogen and oxygen atoms in total. The van der Waals surface area contributed by atoms with Crippen LogP contribution in [0.2, 0.25) is 0 Å². The van der Waals surface area contributed by atoms with Crippen LogP contribution in [0.5, 0.6) is 0 Å². The third-order valence-electron chi connectivity index (χ3n) is 2.93. The average Bonchev–Trinajstić information content (AvgIpc) is 2.96. The van der Waals surface area contributed by atoms with Crippen molar-refractivity contribution in [2.75, 3.05) is 10.6 Å². The standard InChI is InChI=1S/C16H16BrN3O3S/c1-2-3-14(21)18-10-4-6-11(7-5-10)19-16(24)20-15(22)12-8-9-13(17)23-12/h4-9H,2-3H2,1H3,(H,18,21)(H2,19,20,22,24). The number of halogens is 1. The number of hydrogen-bond donors (Lipinski definition) is 3. The maximum atomic E-state index is 11.9. The van der Waals surface area contributed by atoms with Crippen LogP contribution in [-0.4, -0.2) is 16.9 Å². The van der Waals surface area contributed by atoms with Crippen LogP contribution in [0.4, 0.5) is 11.4 Å². The van der Waals surface area contributed by atoms with Crippen LogP contribution in [0.1, 0.15) is 30.3 Å². The number of thiocarbonyl (C=S) groups is 1. The van der Waals surface area contributed by atoms with Gasteiger partial charge in [-0.1, -0.05) is 6.92 Å². The Morgan fingerprint density at radius 1 is 1.08 bits per heavy atom. The molecule has 24 heavy (non-hydrogen) atoms. The zero-order valence-electron chi connectivity index (χ0n) is 12.9. The molecule has 1 aromatic carbocycles. The number of furan rings is 1. The van der Waals surface area contributed by atoms with Crippen molar-refractivity contribution in [1.82, 2.24) is 5.32 Å². The van der Waals surface area contributed by atoms with Gasteiger partial charge in [0.15, 0.2) is 15.5 Å². The molecule has 0 radical (unpaired) electrons. The van der Waals surface area contributed by atoms with Crippen LogP contribution < -0.4 is 16.0 Å². The van der Waals surface area contributed by atoms with Crippen LogP contribution in [0.15, 0.2) is 45.5 Å². The van der Waals surface area contributed by atoms with Gasteiger partial charge in [0.1, 0.15) is 0 Å². The summed E-state index contributed by atoms with van der Waals surface area (Å²) in [6.07, 6.45) is 1.28. The molecule has 0 aliphatic heterocycles. The molecule has 0 atom stereocenters. The van der Waals surface area contributed by atoms with Gasteiger partial charge in [0.2, 0.25) is 5.91 Å². The molecule has 0 fully saturated rings. The monoisotopic (exact) mass is 409 g/mol. The van der Waals surface area contributed by atoms with E-state index in [-0.39, 0.29) is 16.8 Å². The van der Waals surface area contributed by atoms with Gasteiger partial charge < -0.3 is 15.1 Å². The number of carbonyl (C=O) groups excluding carboxylic acids is 2. The third kappa shape index (κ3) is 5.47. The van der Waals surface area contributed by atoms with Gasteiger partial charge in [-0.25, -0.2) is 0 Å². The second kappa shape index (κ2) is 8.60. The SMILES string of the molecule is CCCC(=O)Nc1ccc(NC(=S)NC(=O)c2ccc(Br)o2)cc1. The Kier molecular flexibility index (Phi) is 6.51. The van der Waals surface area contributed by atoms with E-state index in [0.29, 0.717) is 22.5 Å². The molecule has 2 rings (SSSR count). The lowest BCUT2D eigenvalue weighted by atomic mass is 10.2. The van der Waals surface area contributed by atoms with E-state index < -0.39 is 5.91 Å². The van der Waals surface area contributed by atoms with E-state index in [2.05, 4.69) is 31.9 Å². The molecule has 1 aromatic heterocycles. The summed E-state index contributed by atoms with van der Waals surface area (Å²) in [5.41, 5.74) is 1.39. The summed E-state index contributed by atoms with van der Waals surface area (Å²) in [4.78, 5) is 23.4. The zero-order valence-corrected chi connectivity index (χ0v) is 15.3. The van der Waals surface area contributed by atoms with E-state index in [0.717, 1.165) is 6.42 Å². The third-order valence-corrected chi connectivity index (χ3v) is 3.56. The summed E-state index contributed by atoms with van der Waals surface area (Å²) in [6, 6.07) is 10.2. The highest BCUT2D eigenvalue weighted by atomic mass is 79.9. The number of nitrogens with one attached hydrogen (secondary N) is 3. The Morgan fingerprint density at radius 3 is 2.25 bits per heavy atom. The molecular formula is C16H16BrN3O3S. The summed E-state index contributed by atoms with van der Waals surface area (Å²) in [5, 5.41) is 8.35. The van der Waals surface area contributed by atoms with Gasteiger partial charge in [-0.15, -0.1) is 0 Å². The Morgan fingerprint density at radius 2 is 1.71 bits per heavy atom. The highest BCUT2D eigenvalue weighted by Crippen LogP contribution is 2.15. The number of anilines is 2. The van der Waals surface area contributed by atoms with E-state index in [4.69, 9.17) is 16.6 Å². The van der Waals surface area contributed by atoms with Crippen molar-refractivity contribution < 1.29 is 14.0 Å². The topological polar surface area (TPSA) is 83.4 Å². The summed E-state index contributed by atoms with van der Waals surface area (Å²) in [7, 11) is 0.